The number of ether oxygens (including phenoxy) is 1. The van der Waals surface area contributed by atoms with Crippen LogP contribution in [0.2, 0.25) is 5.02 Å². The Morgan fingerprint density at radius 2 is 2.04 bits per heavy atom. The highest BCUT2D eigenvalue weighted by Gasteiger charge is 2.22. The smallest absolute Gasteiger partial charge is 0.226 e. The molecule has 0 spiro atoms. The van der Waals surface area contributed by atoms with Crippen molar-refractivity contribution in [2.45, 2.75) is 26.8 Å². The van der Waals surface area contributed by atoms with Crippen LogP contribution < -0.4 is 4.74 Å². The van der Waals surface area contributed by atoms with Gasteiger partial charge in [0.15, 0.2) is 0 Å². The van der Waals surface area contributed by atoms with E-state index in [2.05, 4.69) is 10.1 Å². The molecule has 0 aliphatic carbocycles. The minimum absolute atomic E-state index is 0.0465. The molecule has 0 radical (unpaired) electrons. The minimum Gasteiger partial charge on any atom is -0.491 e. The lowest BCUT2D eigenvalue weighted by molar-refractivity contribution is -0.133. The van der Waals surface area contributed by atoms with Gasteiger partial charge in [-0.05, 0) is 32.0 Å². The summed E-state index contributed by atoms with van der Waals surface area (Å²) in [6.07, 6.45) is 0.261. The Morgan fingerprint density at radius 3 is 2.67 bits per heavy atom. The van der Waals surface area contributed by atoms with Gasteiger partial charge in [-0.25, -0.2) is 4.39 Å². The summed E-state index contributed by atoms with van der Waals surface area (Å²) in [6.45, 7) is 7.83. The molecule has 1 amide bonds. The summed E-state index contributed by atoms with van der Waals surface area (Å²) in [7, 11) is 0. The van der Waals surface area contributed by atoms with Crippen LogP contribution in [0.15, 0.2) is 22.7 Å². The molecule has 1 aromatic heterocycles. The molecule has 2 heterocycles. The fourth-order valence-corrected chi connectivity index (χ4v) is 3.33. The third-order valence-corrected chi connectivity index (χ3v) is 5.05. The molecular weight excluding hydrogens is 373 g/mol. The molecule has 1 aliphatic rings. The highest BCUT2D eigenvalue weighted by molar-refractivity contribution is 6.32. The van der Waals surface area contributed by atoms with Crippen LogP contribution in [0.25, 0.3) is 0 Å². The zero-order valence-electron chi connectivity index (χ0n) is 15.5. The lowest BCUT2D eigenvalue weighted by atomic mass is 10.1. The van der Waals surface area contributed by atoms with E-state index < -0.39 is 5.82 Å². The Balaban J connectivity index is 1.42. The van der Waals surface area contributed by atoms with Crippen LogP contribution in [0.1, 0.15) is 23.4 Å². The van der Waals surface area contributed by atoms with E-state index >= 15 is 0 Å². The Kier molecular flexibility index (Phi) is 6.34. The van der Waals surface area contributed by atoms with Crippen molar-refractivity contribution in [3.63, 3.8) is 0 Å². The van der Waals surface area contributed by atoms with Crippen molar-refractivity contribution < 1.29 is 18.4 Å². The number of amides is 1. The van der Waals surface area contributed by atoms with Gasteiger partial charge in [-0.15, -0.1) is 0 Å². The van der Waals surface area contributed by atoms with Gasteiger partial charge in [-0.3, -0.25) is 9.69 Å². The summed E-state index contributed by atoms with van der Waals surface area (Å²) in [5.41, 5.74) is 2.04. The molecule has 27 heavy (non-hydrogen) atoms. The molecule has 146 valence electrons. The number of benzene rings is 1. The van der Waals surface area contributed by atoms with E-state index in [0.29, 0.717) is 18.8 Å². The third kappa shape index (κ3) is 4.99. The molecule has 0 atom stereocenters. The van der Waals surface area contributed by atoms with E-state index in [1.54, 1.807) is 0 Å². The average molecular weight is 396 g/mol. The zero-order valence-corrected chi connectivity index (χ0v) is 16.3. The van der Waals surface area contributed by atoms with Gasteiger partial charge in [-0.2, -0.15) is 0 Å². The summed E-state index contributed by atoms with van der Waals surface area (Å²) >= 11 is 5.91. The van der Waals surface area contributed by atoms with Crippen LogP contribution in [-0.2, 0) is 11.3 Å². The highest BCUT2D eigenvalue weighted by atomic mass is 35.5. The maximum Gasteiger partial charge on any atom is 0.226 e. The molecule has 1 fully saturated rings. The van der Waals surface area contributed by atoms with Crippen LogP contribution in [0.5, 0.6) is 5.75 Å². The van der Waals surface area contributed by atoms with Crippen molar-refractivity contribution in [3.8, 4) is 5.75 Å². The minimum atomic E-state index is -0.419. The molecular formula is C19H23ClFN3O3. The number of nitrogens with zero attached hydrogens (tertiary/aromatic N) is 3. The number of carbonyl (C=O) groups excluding carboxylic acids is 1. The monoisotopic (exact) mass is 395 g/mol. The van der Waals surface area contributed by atoms with Crippen LogP contribution in [0, 0.1) is 19.7 Å². The Morgan fingerprint density at radius 1 is 1.30 bits per heavy atom. The third-order valence-electron chi connectivity index (χ3n) is 4.76. The van der Waals surface area contributed by atoms with Crippen molar-refractivity contribution >= 4 is 17.5 Å². The first kappa shape index (κ1) is 19.6. The van der Waals surface area contributed by atoms with Crippen LogP contribution in [0.3, 0.4) is 0 Å². The van der Waals surface area contributed by atoms with E-state index in [1.807, 2.05) is 18.7 Å². The van der Waals surface area contributed by atoms with E-state index in [9.17, 15) is 9.18 Å². The molecule has 0 N–H and O–H groups in total. The summed E-state index contributed by atoms with van der Waals surface area (Å²) in [6, 6.07) is 3.94. The zero-order chi connectivity index (χ0) is 19.4. The maximum absolute atomic E-state index is 13.0. The molecule has 1 aromatic carbocycles. The predicted octanol–water partition coefficient (Wildman–Crippen LogP) is 3.20. The number of halogens is 2. The Labute approximate surface area is 162 Å². The van der Waals surface area contributed by atoms with Crippen molar-refractivity contribution in [1.29, 1.82) is 0 Å². The first-order valence-corrected chi connectivity index (χ1v) is 9.31. The van der Waals surface area contributed by atoms with Gasteiger partial charge in [0, 0.05) is 38.3 Å². The second-order valence-electron chi connectivity index (χ2n) is 6.63. The molecule has 1 saturated heterocycles. The van der Waals surface area contributed by atoms with Gasteiger partial charge in [0.05, 0.1) is 23.7 Å². The number of hydrogen-bond acceptors (Lipinski definition) is 5. The highest BCUT2D eigenvalue weighted by Crippen LogP contribution is 2.25. The van der Waals surface area contributed by atoms with E-state index in [-0.39, 0.29) is 24.0 Å². The molecule has 3 rings (SSSR count). The summed E-state index contributed by atoms with van der Waals surface area (Å²) in [5.74, 6) is 0.862. The Hall–Kier alpha value is -2.12. The molecule has 0 bridgehead atoms. The first-order valence-electron chi connectivity index (χ1n) is 8.94. The fraction of sp³-hybridized carbons (Fsp3) is 0.474. The van der Waals surface area contributed by atoms with E-state index in [4.69, 9.17) is 20.9 Å². The normalized spacial score (nSPS) is 15.2. The van der Waals surface area contributed by atoms with Crippen LogP contribution in [0.4, 0.5) is 4.39 Å². The number of rotatable bonds is 6. The maximum atomic E-state index is 13.0. The largest absolute Gasteiger partial charge is 0.491 e. The standard InChI is InChI=1S/C19H23ClFN3O3/c1-13-16(14(2)27-22-13)12-23-6-8-24(9-7-23)19(25)5-10-26-18-4-3-15(21)11-17(18)20/h3-4,11H,5-10,12H2,1-2H3. The van der Waals surface area contributed by atoms with Crippen LogP contribution in [-0.4, -0.2) is 53.6 Å². The predicted molar refractivity (Wildman–Crippen MR) is 99.4 cm³/mol. The molecule has 0 unspecified atom stereocenters. The summed E-state index contributed by atoms with van der Waals surface area (Å²) in [4.78, 5) is 16.5. The lowest BCUT2D eigenvalue weighted by Crippen LogP contribution is -2.48. The van der Waals surface area contributed by atoms with E-state index in [1.165, 1.54) is 18.2 Å². The first-order chi connectivity index (χ1) is 12.9. The van der Waals surface area contributed by atoms with E-state index in [0.717, 1.165) is 36.7 Å². The number of hydrogen-bond donors (Lipinski definition) is 0. The molecule has 1 aliphatic heterocycles. The lowest BCUT2D eigenvalue weighted by Gasteiger charge is -2.34. The summed E-state index contributed by atoms with van der Waals surface area (Å²) in [5, 5.41) is 4.19. The van der Waals surface area contributed by atoms with Gasteiger partial charge in [0.2, 0.25) is 5.91 Å². The second kappa shape index (κ2) is 8.71. The van der Waals surface area contributed by atoms with Crippen molar-refractivity contribution in [1.82, 2.24) is 15.0 Å². The van der Waals surface area contributed by atoms with Crippen LogP contribution >= 0.6 is 11.6 Å². The van der Waals surface area contributed by atoms with Gasteiger partial charge in [0.25, 0.3) is 0 Å². The number of carbonyl (C=O) groups is 1. The number of aromatic nitrogens is 1. The van der Waals surface area contributed by atoms with Crippen molar-refractivity contribution in [2.75, 3.05) is 32.8 Å². The van der Waals surface area contributed by atoms with Crippen molar-refractivity contribution in [2.24, 2.45) is 0 Å². The fourth-order valence-electron chi connectivity index (χ4n) is 3.11. The second-order valence-corrected chi connectivity index (χ2v) is 7.04. The topological polar surface area (TPSA) is 58.8 Å². The average Bonchev–Trinajstić information content (AvgIpc) is 2.96. The van der Waals surface area contributed by atoms with Gasteiger partial charge in [0.1, 0.15) is 17.3 Å². The molecule has 8 heteroatoms. The Bertz CT molecular complexity index is 784. The quantitative estimate of drug-likeness (QED) is 0.751. The number of piperazine rings is 1. The van der Waals surface area contributed by atoms with Gasteiger partial charge in [-0.1, -0.05) is 16.8 Å². The van der Waals surface area contributed by atoms with Gasteiger partial charge >= 0.3 is 0 Å². The molecule has 2 aromatic rings. The number of aryl methyl sites for hydroxylation is 2. The van der Waals surface area contributed by atoms with Gasteiger partial charge < -0.3 is 14.2 Å². The summed E-state index contributed by atoms with van der Waals surface area (Å²) < 4.78 is 23.7. The van der Waals surface area contributed by atoms with Crippen molar-refractivity contribution in [3.05, 3.63) is 46.1 Å². The molecule has 6 nitrogen and oxygen atoms in total. The molecule has 0 saturated carbocycles. The SMILES string of the molecule is Cc1noc(C)c1CN1CCN(C(=O)CCOc2ccc(F)cc2Cl)CC1.